The molecule has 1 aromatic carbocycles. The molecule has 2 aromatic rings. The quantitative estimate of drug-likeness (QED) is 0.767. The number of carbonyl (C=O) groups is 2. The minimum absolute atomic E-state index is 0.0449. The predicted molar refractivity (Wildman–Crippen MR) is 122 cm³/mol. The third kappa shape index (κ3) is 4.01. The molecule has 4 rings (SSSR count). The van der Waals surface area contributed by atoms with Gasteiger partial charge in [0.1, 0.15) is 5.82 Å². The molecule has 0 radical (unpaired) electrons. The highest BCUT2D eigenvalue weighted by molar-refractivity contribution is 5.86. The van der Waals surface area contributed by atoms with Crippen LogP contribution in [0.3, 0.4) is 0 Å². The molecular weight excluding hydrogens is 423 g/mol. The summed E-state index contributed by atoms with van der Waals surface area (Å²) in [5.74, 6) is -0.454. The molecule has 1 unspecified atom stereocenters. The smallest absolute Gasteiger partial charge is 0.250 e. The van der Waals surface area contributed by atoms with Crippen molar-refractivity contribution in [2.75, 3.05) is 26.7 Å². The second-order valence-corrected chi connectivity index (χ2v) is 9.72. The van der Waals surface area contributed by atoms with Crippen LogP contribution in [0.1, 0.15) is 45.1 Å². The van der Waals surface area contributed by atoms with Gasteiger partial charge in [0.25, 0.3) is 5.91 Å². The average Bonchev–Trinajstić information content (AvgIpc) is 3.07. The predicted octanol–water partition coefficient (Wildman–Crippen LogP) is 3.17. The summed E-state index contributed by atoms with van der Waals surface area (Å²) < 4.78 is 19.9. The normalized spacial score (nSPS) is 26.8. The molecular formula is C25H31FN4O3. The largest absolute Gasteiger partial charge is 0.365 e. The van der Waals surface area contributed by atoms with Crippen LogP contribution in [-0.2, 0) is 14.3 Å². The molecule has 2 heterocycles. The maximum absolute atomic E-state index is 14.3. The van der Waals surface area contributed by atoms with Crippen molar-refractivity contribution in [3.63, 3.8) is 0 Å². The Kier molecular flexibility index (Phi) is 6.22. The zero-order valence-electron chi connectivity index (χ0n) is 19.6. The molecule has 176 valence electrons. The van der Waals surface area contributed by atoms with Crippen molar-refractivity contribution in [3.05, 3.63) is 47.9 Å². The molecule has 2 fully saturated rings. The van der Waals surface area contributed by atoms with Gasteiger partial charge in [0.2, 0.25) is 5.91 Å². The van der Waals surface area contributed by atoms with Gasteiger partial charge >= 0.3 is 0 Å². The third-order valence-electron chi connectivity index (χ3n) is 7.82. The van der Waals surface area contributed by atoms with Gasteiger partial charge in [0, 0.05) is 19.2 Å². The van der Waals surface area contributed by atoms with Gasteiger partial charge in [-0.25, -0.2) is 4.39 Å². The second-order valence-electron chi connectivity index (χ2n) is 9.72. The monoisotopic (exact) mass is 454 g/mol. The van der Waals surface area contributed by atoms with Gasteiger partial charge < -0.3 is 15.0 Å². The Morgan fingerprint density at radius 3 is 2.73 bits per heavy atom. The van der Waals surface area contributed by atoms with Crippen LogP contribution in [0.4, 0.5) is 4.39 Å². The summed E-state index contributed by atoms with van der Waals surface area (Å²) in [7, 11) is 1.57. The molecule has 2 aliphatic rings. The Balaban J connectivity index is 1.59. The van der Waals surface area contributed by atoms with E-state index in [4.69, 9.17) is 4.74 Å². The second kappa shape index (κ2) is 8.82. The number of amides is 2. The topological polar surface area (TPSA) is 84.4 Å². The van der Waals surface area contributed by atoms with Gasteiger partial charge in [-0.3, -0.25) is 9.59 Å². The number of aromatic nitrogens is 2. The van der Waals surface area contributed by atoms with Gasteiger partial charge in [-0.2, -0.15) is 10.2 Å². The summed E-state index contributed by atoms with van der Waals surface area (Å²) >= 11 is 0. The number of morpholine rings is 1. The number of rotatable bonds is 4. The average molecular weight is 455 g/mol. The molecule has 33 heavy (non-hydrogen) atoms. The molecule has 2 amide bonds. The molecule has 1 aliphatic heterocycles. The number of nitrogens with one attached hydrogen (secondary N) is 1. The van der Waals surface area contributed by atoms with E-state index in [1.165, 1.54) is 6.07 Å². The van der Waals surface area contributed by atoms with E-state index in [1.807, 2.05) is 13.0 Å². The lowest BCUT2D eigenvalue weighted by Gasteiger charge is -2.44. The Hall–Kier alpha value is -2.87. The van der Waals surface area contributed by atoms with Crippen LogP contribution in [0.5, 0.6) is 0 Å². The molecule has 0 bridgehead atoms. The van der Waals surface area contributed by atoms with Crippen LogP contribution in [0, 0.1) is 16.6 Å². The van der Waals surface area contributed by atoms with Gasteiger partial charge in [-0.05, 0) is 47.9 Å². The number of benzene rings is 1. The Morgan fingerprint density at radius 1 is 1.24 bits per heavy atom. The molecule has 1 saturated heterocycles. The van der Waals surface area contributed by atoms with Crippen molar-refractivity contribution in [2.45, 2.75) is 45.6 Å². The Morgan fingerprint density at radius 2 is 2.00 bits per heavy atom. The van der Waals surface area contributed by atoms with Crippen LogP contribution >= 0.6 is 0 Å². The van der Waals surface area contributed by atoms with Gasteiger partial charge in [-0.15, -0.1) is 0 Å². The molecule has 1 aliphatic carbocycles. The summed E-state index contributed by atoms with van der Waals surface area (Å²) in [6.45, 7) is 7.31. The summed E-state index contributed by atoms with van der Waals surface area (Å²) in [4.78, 5) is 27.6. The lowest BCUT2D eigenvalue weighted by molar-refractivity contribution is -0.157. The third-order valence-corrected chi connectivity index (χ3v) is 7.82. The van der Waals surface area contributed by atoms with Crippen LogP contribution in [0.2, 0.25) is 0 Å². The van der Waals surface area contributed by atoms with Crippen LogP contribution in [0.15, 0.2) is 36.5 Å². The molecule has 1 aromatic heterocycles. The first-order valence-corrected chi connectivity index (χ1v) is 11.4. The number of carbonyl (C=O) groups excluding carboxylic acids is 2. The maximum atomic E-state index is 14.3. The Bertz CT molecular complexity index is 1060. The molecule has 8 heteroatoms. The highest BCUT2D eigenvalue weighted by atomic mass is 19.1. The SMILES string of the molecule is CNC(=O)C1CN(C(=O)[C@]2(C)CC[C@@H](c3cnnc(-c4ccccc4F)c3)C2(C)C)CCO1. The first-order chi connectivity index (χ1) is 15.7. The number of hydrogen-bond acceptors (Lipinski definition) is 5. The molecule has 3 atom stereocenters. The van der Waals surface area contributed by atoms with E-state index in [1.54, 1.807) is 36.3 Å². The van der Waals surface area contributed by atoms with Gasteiger partial charge in [0.15, 0.2) is 6.10 Å². The standard InChI is InChI=1S/C25H31FN4O3/c1-24(2)18(16-13-20(29-28-14-16)17-7-5-6-8-19(17)26)9-10-25(24,3)23(32)30-11-12-33-21(15-30)22(31)27-4/h5-8,13-14,18,21H,9-12,15H2,1-4H3,(H,27,31)/t18-,21?,25-/m0/s1. The fourth-order valence-electron chi connectivity index (χ4n) is 5.34. The van der Waals surface area contributed by atoms with E-state index in [-0.39, 0.29) is 35.5 Å². The molecule has 1 saturated carbocycles. The number of ether oxygens (including phenoxy) is 1. The number of likely N-dealkylation sites (N-methyl/N-ethyl adjacent to an activating group) is 1. The molecule has 0 spiro atoms. The minimum Gasteiger partial charge on any atom is -0.365 e. The molecule has 7 nitrogen and oxygen atoms in total. The highest BCUT2D eigenvalue weighted by Gasteiger charge is 2.57. The van der Waals surface area contributed by atoms with Crippen molar-refractivity contribution in [1.82, 2.24) is 20.4 Å². The first kappa shape index (κ1) is 23.3. The maximum Gasteiger partial charge on any atom is 0.250 e. The zero-order chi connectivity index (χ0) is 23.8. The van der Waals surface area contributed by atoms with E-state index >= 15 is 0 Å². The van der Waals surface area contributed by atoms with Crippen molar-refractivity contribution < 1.29 is 18.7 Å². The minimum atomic E-state index is -0.649. The van der Waals surface area contributed by atoms with Crippen LogP contribution in [0.25, 0.3) is 11.3 Å². The highest BCUT2D eigenvalue weighted by Crippen LogP contribution is 2.60. The summed E-state index contributed by atoms with van der Waals surface area (Å²) in [6, 6.07) is 8.42. The van der Waals surface area contributed by atoms with E-state index in [2.05, 4.69) is 29.4 Å². The molecule has 1 N–H and O–H groups in total. The van der Waals surface area contributed by atoms with E-state index in [9.17, 15) is 14.0 Å². The van der Waals surface area contributed by atoms with E-state index < -0.39 is 11.5 Å². The number of hydrogen-bond donors (Lipinski definition) is 1. The summed E-state index contributed by atoms with van der Waals surface area (Å²) in [5.41, 5.74) is 0.845. The van der Waals surface area contributed by atoms with Crippen molar-refractivity contribution in [3.8, 4) is 11.3 Å². The fraction of sp³-hybridized carbons (Fsp3) is 0.520. The van der Waals surface area contributed by atoms with Crippen molar-refractivity contribution >= 4 is 11.8 Å². The van der Waals surface area contributed by atoms with Gasteiger partial charge in [0.05, 0.1) is 30.5 Å². The number of halogens is 1. The van der Waals surface area contributed by atoms with E-state index in [0.717, 1.165) is 12.0 Å². The van der Waals surface area contributed by atoms with Gasteiger partial charge in [-0.1, -0.05) is 32.9 Å². The zero-order valence-corrected chi connectivity index (χ0v) is 19.6. The lowest BCUT2D eigenvalue weighted by atomic mass is 9.63. The summed E-state index contributed by atoms with van der Waals surface area (Å²) in [6.07, 6.45) is 2.59. The van der Waals surface area contributed by atoms with Crippen molar-refractivity contribution in [1.29, 1.82) is 0 Å². The first-order valence-electron chi connectivity index (χ1n) is 11.4. The Labute approximate surface area is 193 Å². The summed E-state index contributed by atoms with van der Waals surface area (Å²) in [5, 5.41) is 10.9. The number of nitrogens with zero attached hydrogens (tertiary/aromatic N) is 3. The lowest BCUT2D eigenvalue weighted by Crippen LogP contribution is -2.56. The van der Waals surface area contributed by atoms with E-state index in [0.29, 0.717) is 30.8 Å². The van der Waals surface area contributed by atoms with Crippen LogP contribution < -0.4 is 5.32 Å². The van der Waals surface area contributed by atoms with Crippen molar-refractivity contribution in [2.24, 2.45) is 10.8 Å². The fourth-order valence-corrected chi connectivity index (χ4v) is 5.34. The van der Waals surface area contributed by atoms with Crippen LogP contribution in [-0.4, -0.2) is 59.8 Å².